The number of aliphatic hydroxyl groups excluding tert-OH is 3. The summed E-state index contributed by atoms with van der Waals surface area (Å²) in [5.74, 6) is 0.624. The van der Waals surface area contributed by atoms with E-state index in [1.54, 1.807) is 23.7 Å². The minimum absolute atomic E-state index is 0.188. The summed E-state index contributed by atoms with van der Waals surface area (Å²) in [7, 11) is 0. The second-order valence-corrected chi connectivity index (χ2v) is 10.4. The summed E-state index contributed by atoms with van der Waals surface area (Å²) in [4.78, 5) is 19.6. The van der Waals surface area contributed by atoms with Gasteiger partial charge in [-0.3, -0.25) is 4.98 Å². The molecular weight excluding hydrogens is 472 g/mol. The molecule has 1 saturated carbocycles. The smallest absolute Gasteiger partial charge is 0.224 e. The first-order valence-corrected chi connectivity index (χ1v) is 12.8. The molecule has 1 fully saturated rings. The van der Waals surface area contributed by atoms with Gasteiger partial charge in [-0.25, -0.2) is 9.97 Å². The third-order valence-electron chi connectivity index (χ3n) is 6.09. The summed E-state index contributed by atoms with van der Waals surface area (Å²) in [6.07, 6.45) is 2.73. The molecule has 178 valence electrons. The average molecular weight is 499 g/mol. The zero-order valence-corrected chi connectivity index (χ0v) is 20.2. The number of nitrogens with zero attached hydrogens (tertiary/aromatic N) is 4. The van der Waals surface area contributed by atoms with Crippen LogP contribution in [0.25, 0.3) is 20.8 Å². The Hall–Kier alpha value is -2.70. The Morgan fingerprint density at radius 3 is 2.76 bits per heavy atom. The highest BCUT2D eigenvalue weighted by atomic mass is 32.1. The third-order valence-corrected chi connectivity index (χ3v) is 8.08. The highest BCUT2D eigenvalue weighted by Gasteiger charge is 2.41. The molecule has 0 amide bonds. The van der Waals surface area contributed by atoms with E-state index in [9.17, 15) is 15.3 Å². The second-order valence-electron chi connectivity index (χ2n) is 8.39. The van der Waals surface area contributed by atoms with Crippen LogP contribution in [0.15, 0.2) is 36.0 Å². The second kappa shape index (κ2) is 9.88. The molecule has 0 radical (unpaired) electrons. The SMILES string of the molecule is Cc1nc(NCCc2cccs2)nc(N[C@@H]2C[C@H](CO)[C@@H](O)[C@H]2O)c1-c1nc2cnccc2s1. The first-order chi connectivity index (χ1) is 16.5. The number of aromatic nitrogens is 4. The van der Waals surface area contributed by atoms with E-state index < -0.39 is 24.2 Å². The van der Waals surface area contributed by atoms with Gasteiger partial charge in [0.2, 0.25) is 5.95 Å². The molecular formula is C23H26N6O3S2. The Morgan fingerprint density at radius 2 is 2.03 bits per heavy atom. The van der Waals surface area contributed by atoms with Crippen molar-refractivity contribution in [3.63, 3.8) is 0 Å². The van der Waals surface area contributed by atoms with E-state index in [-0.39, 0.29) is 6.61 Å². The lowest BCUT2D eigenvalue weighted by Gasteiger charge is -2.21. The number of thiazole rings is 1. The van der Waals surface area contributed by atoms with Gasteiger partial charge < -0.3 is 26.0 Å². The van der Waals surface area contributed by atoms with Crippen molar-refractivity contribution in [3.8, 4) is 10.6 Å². The summed E-state index contributed by atoms with van der Waals surface area (Å²) < 4.78 is 1.00. The van der Waals surface area contributed by atoms with Crippen molar-refractivity contribution in [2.24, 2.45) is 5.92 Å². The lowest BCUT2D eigenvalue weighted by Crippen LogP contribution is -2.35. The summed E-state index contributed by atoms with van der Waals surface area (Å²) in [6, 6.07) is 5.59. The summed E-state index contributed by atoms with van der Waals surface area (Å²) >= 11 is 3.24. The van der Waals surface area contributed by atoms with Crippen LogP contribution >= 0.6 is 22.7 Å². The highest BCUT2D eigenvalue weighted by molar-refractivity contribution is 7.21. The van der Waals surface area contributed by atoms with Crippen LogP contribution in [0.3, 0.4) is 0 Å². The molecule has 0 aliphatic heterocycles. The topological polar surface area (TPSA) is 136 Å². The van der Waals surface area contributed by atoms with Gasteiger partial charge in [-0.15, -0.1) is 22.7 Å². The fraction of sp³-hybridized carbons (Fsp3) is 0.391. The minimum Gasteiger partial charge on any atom is -0.396 e. The van der Waals surface area contributed by atoms with Gasteiger partial charge in [-0.2, -0.15) is 4.98 Å². The number of thiophene rings is 1. The van der Waals surface area contributed by atoms with Crippen molar-refractivity contribution in [3.05, 3.63) is 46.5 Å². The van der Waals surface area contributed by atoms with Gasteiger partial charge in [0.1, 0.15) is 22.4 Å². The van der Waals surface area contributed by atoms with E-state index in [4.69, 9.17) is 9.97 Å². The molecule has 4 aromatic rings. The number of hydrogen-bond donors (Lipinski definition) is 5. The van der Waals surface area contributed by atoms with Crippen molar-refractivity contribution >= 4 is 44.7 Å². The molecule has 0 spiro atoms. The van der Waals surface area contributed by atoms with E-state index >= 15 is 0 Å². The van der Waals surface area contributed by atoms with Crippen LogP contribution in [0, 0.1) is 12.8 Å². The molecule has 4 atom stereocenters. The fourth-order valence-corrected chi connectivity index (χ4v) is 6.02. The van der Waals surface area contributed by atoms with Crippen LogP contribution in [-0.2, 0) is 6.42 Å². The number of fused-ring (bicyclic) bond motifs is 1. The van der Waals surface area contributed by atoms with E-state index in [1.807, 2.05) is 19.1 Å². The summed E-state index contributed by atoms with van der Waals surface area (Å²) in [5, 5.41) is 39.9. The van der Waals surface area contributed by atoms with E-state index in [0.717, 1.165) is 32.9 Å². The lowest BCUT2D eigenvalue weighted by atomic mass is 10.1. The zero-order chi connectivity index (χ0) is 23.7. The first kappa shape index (κ1) is 23.1. The van der Waals surface area contributed by atoms with Crippen molar-refractivity contribution in [1.82, 2.24) is 19.9 Å². The number of aliphatic hydroxyl groups is 3. The largest absolute Gasteiger partial charge is 0.396 e. The summed E-state index contributed by atoms with van der Waals surface area (Å²) in [6.45, 7) is 2.41. The molecule has 1 aliphatic rings. The molecule has 1 aliphatic carbocycles. The predicted octanol–water partition coefficient (Wildman–Crippen LogP) is 2.69. The summed E-state index contributed by atoms with van der Waals surface area (Å²) in [5.41, 5.74) is 2.29. The number of hydrogen-bond acceptors (Lipinski definition) is 11. The predicted molar refractivity (Wildman–Crippen MR) is 134 cm³/mol. The van der Waals surface area contributed by atoms with Crippen LogP contribution in [0.4, 0.5) is 11.8 Å². The average Bonchev–Trinajstić information content (AvgIpc) is 3.55. The van der Waals surface area contributed by atoms with Gasteiger partial charge in [0, 0.05) is 30.1 Å². The Balaban J connectivity index is 1.47. The van der Waals surface area contributed by atoms with Crippen LogP contribution in [-0.4, -0.2) is 66.7 Å². The monoisotopic (exact) mass is 498 g/mol. The Labute approximate surface area is 204 Å². The van der Waals surface area contributed by atoms with E-state index in [2.05, 4.69) is 32.0 Å². The van der Waals surface area contributed by atoms with Crippen LogP contribution in [0.2, 0.25) is 0 Å². The molecule has 0 saturated heterocycles. The number of nitrogens with one attached hydrogen (secondary N) is 2. The normalized spacial score (nSPS) is 22.4. The Kier molecular flexibility index (Phi) is 6.70. The van der Waals surface area contributed by atoms with Crippen molar-refractivity contribution < 1.29 is 15.3 Å². The molecule has 4 heterocycles. The number of rotatable bonds is 8. The molecule has 9 nitrogen and oxygen atoms in total. The third kappa shape index (κ3) is 4.62. The Bertz CT molecular complexity index is 1230. The standard InChI is InChI=1S/C23H26N6O3S2/c1-12-18(22-28-16-10-24-6-5-17(16)34-22)21(27-15-9-13(11-30)19(31)20(15)32)29-23(26-12)25-7-4-14-3-2-8-33-14/h2-3,5-6,8,10,13,15,19-20,30-32H,4,7,9,11H2,1H3,(H2,25,26,27,29)/t13-,15-,19-,20+/m1/s1. The van der Waals surface area contributed by atoms with Gasteiger partial charge >= 0.3 is 0 Å². The van der Waals surface area contributed by atoms with Crippen molar-refractivity contribution in [2.75, 3.05) is 23.8 Å². The van der Waals surface area contributed by atoms with Gasteiger partial charge in [0.25, 0.3) is 0 Å². The van der Waals surface area contributed by atoms with Gasteiger partial charge in [0.15, 0.2) is 0 Å². The van der Waals surface area contributed by atoms with Crippen LogP contribution < -0.4 is 10.6 Å². The van der Waals surface area contributed by atoms with E-state index in [0.29, 0.717) is 24.7 Å². The van der Waals surface area contributed by atoms with Gasteiger partial charge in [-0.1, -0.05) is 6.07 Å². The molecule has 11 heteroatoms. The van der Waals surface area contributed by atoms with Crippen LogP contribution in [0.5, 0.6) is 0 Å². The molecule has 0 aromatic carbocycles. The zero-order valence-electron chi connectivity index (χ0n) is 18.5. The van der Waals surface area contributed by atoms with Gasteiger partial charge in [0.05, 0.1) is 34.3 Å². The molecule has 0 unspecified atom stereocenters. The number of anilines is 2. The molecule has 0 bridgehead atoms. The molecule has 4 aromatic heterocycles. The molecule has 5 N–H and O–H groups in total. The fourth-order valence-electron chi connectivity index (χ4n) is 4.28. The van der Waals surface area contributed by atoms with E-state index in [1.165, 1.54) is 16.2 Å². The molecule has 5 rings (SSSR count). The molecule has 34 heavy (non-hydrogen) atoms. The van der Waals surface area contributed by atoms with Crippen molar-refractivity contribution in [2.45, 2.75) is 38.0 Å². The quantitative estimate of drug-likeness (QED) is 0.248. The Morgan fingerprint density at radius 1 is 1.15 bits per heavy atom. The van der Waals surface area contributed by atoms with Gasteiger partial charge in [-0.05, 0) is 37.3 Å². The number of aryl methyl sites for hydroxylation is 1. The van der Waals surface area contributed by atoms with Crippen LogP contribution in [0.1, 0.15) is 17.0 Å². The minimum atomic E-state index is -1.02. The maximum Gasteiger partial charge on any atom is 0.224 e. The first-order valence-electron chi connectivity index (χ1n) is 11.1. The highest BCUT2D eigenvalue weighted by Crippen LogP contribution is 2.37. The van der Waals surface area contributed by atoms with Crippen molar-refractivity contribution in [1.29, 1.82) is 0 Å². The number of pyridine rings is 1. The maximum absolute atomic E-state index is 10.6. The maximum atomic E-state index is 10.6. The lowest BCUT2D eigenvalue weighted by molar-refractivity contribution is 0.00446.